The standard InChI is InChI=1S/C16H32N2/c1-14(2)5-8-18-12-16(13-18)6-9-17(10-7-16)11-15(3)4/h14-15H,5-13H2,1-4H3. The third kappa shape index (κ3) is 3.71. The van der Waals surface area contributed by atoms with Crippen LogP contribution in [-0.4, -0.2) is 49.1 Å². The minimum absolute atomic E-state index is 0.713. The summed E-state index contributed by atoms with van der Waals surface area (Å²) < 4.78 is 0. The summed E-state index contributed by atoms with van der Waals surface area (Å²) >= 11 is 0. The molecule has 18 heavy (non-hydrogen) atoms. The fraction of sp³-hybridized carbons (Fsp3) is 1.00. The molecule has 2 rings (SSSR count). The van der Waals surface area contributed by atoms with Crippen LogP contribution >= 0.6 is 0 Å². The Morgan fingerprint density at radius 3 is 2.00 bits per heavy atom. The second-order valence-corrected chi connectivity index (χ2v) is 7.59. The van der Waals surface area contributed by atoms with Crippen LogP contribution in [0.4, 0.5) is 0 Å². The molecule has 0 aromatic carbocycles. The predicted octanol–water partition coefficient (Wildman–Crippen LogP) is 3.09. The Labute approximate surface area is 114 Å². The quantitative estimate of drug-likeness (QED) is 0.742. The highest BCUT2D eigenvalue weighted by molar-refractivity contribution is 4.98. The third-order valence-corrected chi connectivity index (χ3v) is 4.68. The zero-order valence-electron chi connectivity index (χ0n) is 12.9. The number of rotatable bonds is 5. The maximum absolute atomic E-state index is 2.68. The summed E-state index contributed by atoms with van der Waals surface area (Å²) in [5.41, 5.74) is 0.713. The summed E-state index contributed by atoms with van der Waals surface area (Å²) in [6.07, 6.45) is 4.26. The zero-order valence-corrected chi connectivity index (χ0v) is 12.9. The highest BCUT2D eigenvalue weighted by Gasteiger charge is 2.44. The lowest BCUT2D eigenvalue weighted by atomic mass is 9.72. The van der Waals surface area contributed by atoms with E-state index in [4.69, 9.17) is 0 Å². The Bertz CT molecular complexity index is 236. The van der Waals surface area contributed by atoms with Crippen molar-refractivity contribution in [2.45, 2.75) is 47.0 Å². The van der Waals surface area contributed by atoms with Crippen molar-refractivity contribution in [3.8, 4) is 0 Å². The van der Waals surface area contributed by atoms with E-state index in [9.17, 15) is 0 Å². The summed E-state index contributed by atoms with van der Waals surface area (Å²) in [5, 5.41) is 0. The van der Waals surface area contributed by atoms with E-state index in [1.165, 1.54) is 58.5 Å². The topological polar surface area (TPSA) is 6.48 Å². The van der Waals surface area contributed by atoms with Gasteiger partial charge in [0, 0.05) is 19.6 Å². The second kappa shape index (κ2) is 5.92. The molecule has 0 aromatic rings. The van der Waals surface area contributed by atoms with Gasteiger partial charge >= 0.3 is 0 Å². The normalized spacial score (nSPS) is 25.0. The molecule has 2 saturated heterocycles. The first-order valence-electron chi connectivity index (χ1n) is 7.94. The van der Waals surface area contributed by atoms with E-state index in [0.717, 1.165) is 11.8 Å². The molecule has 2 aliphatic rings. The van der Waals surface area contributed by atoms with Crippen molar-refractivity contribution in [3.63, 3.8) is 0 Å². The number of piperidine rings is 1. The molecule has 0 saturated carbocycles. The van der Waals surface area contributed by atoms with Gasteiger partial charge in [0.15, 0.2) is 0 Å². The largest absolute Gasteiger partial charge is 0.303 e. The Hall–Kier alpha value is -0.0800. The molecule has 0 atom stereocenters. The lowest BCUT2D eigenvalue weighted by Gasteiger charge is -2.54. The molecule has 2 nitrogen and oxygen atoms in total. The van der Waals surface area contributed by atoms with Crippen molar-refractivity contribution in [1.29, 1.82) is 0 Å². The smallest absolute Gasteiger partial charge is 0.00514 e. The van der Waals surface area contributed by atoms with Gasteiger partial charge in [-0.3, -0.25) is 0 Å². The van der Waals surface area contributed by atoms with Crippen LogP contribution in [0.1, 0.15) is 47.0 Å². The number of likely N-dealkylation sites (tertiary alicyclic amines) is 2. The van der Waals surface area contributed by atoms with Crippen LogP contribution < -0.4 is 0 Å². The molecule has 2 aliphatic heterocycles. The van der Waals surface area contributed by atoms with Gasteiger partial charge in [-0.2, -0.15) is 0 Å². The van der Waals surface area contributed by atoms with Crippen LogP contribution in [0.2, 0.25) is 0 Å². The van der Waals surface area contributed by atoms with Gasteiger partial charge in [0.2, 0.25) is 0 Å². The number of hydrogen-bond acceptors (Lipinski definition) is 2. The van der Waals surface area contributed by atoms with Gasteiger partial charge in [0.05, 0.1) is 0 Å². The summed E-state index contributed by atoms with van der Waals surface area (Å²) in [4.78, 5) is 5.35. The van der Waals surface area contributed by atoms with Gasteiger partial charge in [-0.25, -0.2) is 0 Å². The van der Waals surface area contributed by atoms with E-state index in [1.807, 2.05) is 0 Å². The molecule has 2 fully saturated rings. The van der Waals surface area contributed by atoms with Crippen molar-refractivity contribution in [3.05, 3.63) is 0 Å². The van der Waals surface area contributed by atoms with E-state index < -0.39 is 0 Å². The van der Waals surface area contributed by atoms with E-state index in [-0.39, 0.29) is 0 Å². The molecule has 0 unspecified atom stereocenters. The molecule has 106 valence electrons. The average Bonchev–Trinajstić information content (AvgIpc) is 2.24. The predicted molar refractivity (Wildman–Crippen MR) is 78.8 cm³/mol. The Morgan fingerprint density at radius 1 is 0.889 bits per heavy atom. The summed E-state index contributed by atoms with van der Waals surface area (Å²) in [6, 6.07) is 0. The first-order valence-corrected chi connectivity index (χ1v) is 7.94. The highest BCUT2D eigenvalue weighted by Crippen LogP contribution is 2.40. The third-order valence-electron chi connectivity index (χ3n) is 4.68. The van der Waals surface area contributed by atoms with Crippen LogP contribution in [0, 0.1) is 17.3 Å². The lowest BCUT2D eigenvalue weighted by molar-refractivity contribution is -0.0493. The molecule has 2 heterocycles. The van der Waals surface area contributed by atoms with Crippen molar-refractivity contribution >= 4 is 0 Å². The first kappa shape index (κ1) is 14.3. The van der Waals surface area contributed by atoms with E-state index in [2.05, 4.69) is 37.5 Å². The highest BCUT2D eigenvalue weighted by atomic mass is 15.2. The van der Waals surface area contributed by atoms with Gasteiger partial charge < -0.3 is 9.80 Å². The lowest BCUT2D eigenvalue weighted by Crippen LogP contribution is -2.60. The van der Waals surface area contributed by atoms with Gasteiger partial charge in [0.1, 0.15) is 0 Å². The fourth-order valence-electron chi connectivity index (χ4n) is 3.54. The first-order chi connectivity index (χ1) is 8.49. The van der Waals surface area contributed by atoms with Gasteiger partial charge in [-0.05, 0) is 56.1 Å². The molecule has 0 radical (unpaired) electrons. The summed E-state index contributed by atoms with van der Waals surface area (Å²) in [6.45, 7) is 17.4. The van der Waals surface area contributed by atoms with Crippen LogP contribution in [-0.2, 0) is 0 Å². The number of nitrogens with zero attached hydrogens (tertiary/aromatic N) is 2. The Kier molecular flexibility index (Phi) is 4.71. The van der Waals surface area contributed by atoms with Crippen molar-refractivity contribution in [1.82, 2.24) is 9.80 Å². The summed E-state index contributed by atoms with van der Waals surface area (Å²) in [7, 11) is 0. The molecular weight excluding hydrogens is 220 g/mol. The second-order valence-electron chi connectivity index (χ2n) is 7.59. The van der Waals surface area contributed by atoms with Crippen LogP contribution in [0.5, 0.6) is 0 Å². The molecule has 0 aromatic heterocycles. The van der Waals surface area contributed by atoms with Crippen molar-refractivity contribution in [2.24, 2.45) is 17.3 Å². The minimum atomic E-state index is 0.713. The van der Waals surface area contributed by atoms with Crippen molar-refractivity contribution < 1.29 is 0 Å². The van der Waals surface area contributed by atoms with E-state index in [1.54, 1.807) is 0 Å². The average molecular weight is 252 g/mol. The SMILES string of the molecule is CC(C)CCN1CC2(CCN(CC(C)C)CC2)C1. The molecule has 0 N–H and O–H groups in total. The minimum Gasteiger partial charge on any atom is -0.303 e. The van der Waals surface area contributed by atoms with Gasteiger partial charge in [0.25, 0.3) is 0 Å². The van der Waals surface area contributed by atoms with E-state index in [0.29, 0.717) is 5.41 Å². The van der Waals surface area contributed by atoms with Gasteiger partial charge in [-0.1, -0.05) is 27.7 Å². The fourth-order valence-corrected chi connectivity index (χ4v) is 3.54. The molecule has 0 aliphatic carbocycles. The van der Waals surface area contributed by atoms with Crippen molar-refractivity contribution in [2.75, 3.05) is 39.3 Å². The van der Waals surface area contributed by atoms with Crippen LogP contribution in [0.15, 0.2) is 0 Å². The molecule has 2 heteroatoms. The maximum Gasteiger partial charge on any atom is 0.00514 e. The summed E-state index contributed by atoms with van der Waals surface area (Å²) in [5.74, 6) is 1.68. The Morgan fingerprint density at radius 2 is 1.50 bits per heavy atom. The van der Waals surface area contributed by atoms with Gasteiger partial charge in [-0.15, -0.1) is 0 Å². The molecule has 0 bridgehead atoms. The molecule has 0 amide bonds. The monoisotopic (exact) mass is 252 g/mol. The molecular formula is C16H32N2. The zero-order chi connectivity index (χ0) is 13.2. The van der Waals surface area contributed by atoms with Crippen LogP contribution in [0.3, 0.4) is 0 Å². The molecule has 1 spiro atoms. The van der Waals surface area contributed by atoms with Crippen LogP contribution in [0.25, 0.3) is 0 Å². The Balaban J connectivity index is 1.65. The number of hydrogen-bond donors (Lipinski definition) is 0. The van der Waals surface area contributed by atoms with E-state index >= 15 is 0 Å². The maximum atomic E-state index is 2.68.